The first-order valence-corrected chi connectivity index (χ1v) is 20.0. The first-order chi connectivity index (χ1) is 28.8. The summed E-state index contributed by atoms with van der Waals surface area (Å²) in [5.41, 5.74) is 2.54. The van der Waals surface area contributed by atoms with Crippen LogP contribution in [0, 0.1) is 51.4 Å². The molecule has 0 bridgehead atoms. The van der Waals surface area contributed by atoms with E-state index in [1.807, 2.05) is 44.7 Å². The number of carbonyl (C=O) groups excluding carboxylic acids is 2. The van der Waals surface area contributed by atoms with Crippen molar-refractivity contribution in [2.45, 2.75) is 93.1 Å². The highest BCUT2D eigenvalue weighted by Gasteiger charge is 2.41. The van der Waals surface area contributed by atoms with E-state index in [1.165, 1.54) is 0 Å². The van der Waals surface area contributed by atoms with E-state index >= 15 is 0 Å². The fourth-order valence-corrected chi connectivity index (χ4v) is 5.82. The van der Waals surface area contributed by atoms with Gasteiger partial charge in [-0.05, 0) is 86.6 Å². The van der Waals surface area contributed by atoms with Crippen LogP contribution in [0.2, 0.25) is 0 Å². The second-order valence-corrected chi connectivity index (χ2v) is 14.3. The Hall–Kier alpha value is -5.48. The third-order valence-corrected chi connectivity index (χ3v) is 9.35. The molecule has 1 atom stereocenters. The molecule has 60 heavy (non-hydrogen) atoms. The van der Waals surface area contributed by atoms with Crippen molar-refractivity contribution in [2.24, 2.45) is 10.4 Å². The van der Waals surface area contributed by atoms with Crippen LogP contribution in [-0.4, -0.2) is 93.3 Å². The highest BCUT2D eigenvalue weighted by molar-refractivity contribution is 6.32. The van der Waals surface area contributed by atoms with Crippen molar-refractivity contribution in [3.8, 4) is 25.2 Å². The second kappa shape index (κ2) is 29.7. The summed E-state index contributed by atoms with van der Waals surface area (Å²) < 4.78 is 32.6. The lowest BCUT2D eigenvalue weighted by molar-refractivity contribution is -0.153. The highest BCUT2D eigenvalue weighted by Crippen LogP contribution is 2.38. The summed E-state index contributed by atoms with van der Waals surface area (Å²) in [4.78, 5) is 31.1. The summed E-state index contributed by atoms with van der Waals surface area (Å²) in [5.74, 6) is 5.39. The zero-order chi connectivity index (χ0) is 44.9. The second-order valence-electron chi connectivity index (χ2n) is 13.9. The zero-order valence-corrected chi connectivity index (χ0v) is 37.4. The van der Waals surface area contributed by atoms with Crippen LogP contribution >= 0.6 is 11.6 Å². The van der Waals surface area contributed by atoms with E-state index in [-0.39, 0.29) is 18.6 Å². The van der Waals surface area contributed by atoms with Gasteiger partial charge in [-0.15, -0.1) is 25.2 Å². The largest absolute Gasteiger partial charge is 0.498 e. The van der Waals surface area contributed by atoms with E-state index in [2.05, 4.69) is 56.4 Å². The minimum atomic E-state index is -0.496. The molecule has 2 aliphatic rings. The number of aryl methyl sites for hydroxylation is 3. The molecule has 4 rings (SSSR count). The molecule has 3 N–H and O–H groups in total. The first kappa shape index (κ1) is 52.5. The van der Waals surface area contributed by atoms with Crippen LogP contribution in [-0.2, 0) is 23.7 Å². The topological polar surface area (TPSA) is 175 Å². The van der Waals surface area contributed by atoms with Crippen molar-refractivity contribution >= 4 is 35.7 Å². The Labute approximate surface area is 361 Å². The lowest BCUT2D eigenvalue weighted by Crippen LogP contribution is -2.52. The average molecular weight is 854 g/mol. The molecule has 1 unspecified atom stereocenters. The summed E-state index contributed by atoms with van der Waals surface area (Å²) in [6.45, 7) is 16.6. The number of terminal acetylenes is 2. The molecule has 330 valence electrons. The average Bonchev–Trinajstić information content (AvgIpc) is 3.83. The quantitative estimate of drug-likeness (QED) is 0.0332. The van der Waals surface area contributed by atoms with Crippen molar-refractivity contribution < 1.29 is 37.6 Å². The Bertz CT molecular complexity index is 1790. The summed E-state index contributed by atoms with van der Waals surface area (Å²) in [6.07, 6.45) is 23.8. The number of allylic oxidation sites excluding steroid dienone is 5. The molecule has 0 aromatic carbocycles. The van der Waals surface area contributed by atoms with Gasteiger partial charge in [0, 0.05) is 55.9 Å². The Morgan fingerprint density at radius 2 is 1.77 bits per heavy atom. The zero-order valence-electron chi connectivity index (χ0n) is 36.7. The van der Waals surface area contributed by atoms with Gasteiger partial charge in [-0.25, -0.2) is 4.79 Å². The van der Waals surface area contributed by atoms with Gasteiger partial charge in [-0.2, -0.15) is 0 Å². The molecule has 16 heteroatoms. The molecule has 4 heterocycles. The number of halogens is 1. The number of methoxy groups -OCH3 is 1. The van der Waals surface area contributed by atoms with Crippen molar-refractivity contribution in [1.82, 2.24) is 25.8 Å². The standard InChI is InChI=1S/C34H51ClN6O7.C5H7NO.C3H4.C2H2/c1-7-29(38-33(43)39-31-19-25(3)48-40-31)28(35)12-18-46-24(2)10-11-27(37-23-36-5)20-30(26(4)44-6)47-17-8-9-32(42)41-15-13-34(14-16-41)21-45-22-34;1-4-3-5(2)7-6-4;1-3-2;1-2/h7,12,19-20,23-24H,8-11,13-18,21-22H2,1-6H3,(H,36,37)(H2,38,39,40,43);3H,1-2H3;1H,2H3;1-2H/b27-20+,28-12+,29-7+,30-26-;;;. The van der Waals surface area contributed by atoms with Crippen LogP contribution in [0.15, 0.2) is 72.3 Å². The molecule has 2 aromatic rings. The molecular formula is C44H64ClN7O8. The normalized spacial score (nSPS) is 15.6. The highest BCUT2D eigenvalue weighted by atomic mass is 35.5. The Morgan fingerprint density at radius 1 is 1.12 bits per heavy atom. The Morgan fingerprint density at radius 3 is 2.27 bits per heavy atom. The number of nitrogens with zero attached hydrogens (tertiary/aromatic N) is 4. The molecular weight excluding hydrogens is 790 g/mol. The van der Waals surface area contributed by atoms with Crippen LogP contribution in [0.25, 0.3) is 0 Å². The van der Waals surface area contributed by atoms with Gasteiger partial charge in [-0.3, -0.25) is 15.1 Å². The lowest BCUT2D eigenvalue weighted by atomic mass is 9.77. The van der Waals surface area contributed by atoms with Crippen LogP contribution in [0.1, 0.15) is 83.4 Å². The van der Waals surface area contributed by atoms with Crippen LogP contribution in [0.3, 0.4) is 0 Å². The van der Waals surface area contributed by atoms with E-state index in [0.29, 0.717) is 71.5 Å². The van der Waals surface area contributed by atoms with Crippen molar-refractivity contribution in [3.63, 3.8) is 0 Å². The fraction of sp³-hybridized carbons (Fsp3) is 0.523. The predicted octanol–water partition coefficient (Wildman–Crippen LogP) is 7.94. The van der Waals surface area contributed by atoms with E-state index < -0.39 is 6.03 Å². The number of carbonyl (C=O) groups is 2. The molecule has 2 aliphatic heterocycles. The van der Waals surface area contributed by atoms with E-state index in [0.717, 1.165) is 56.3 Å². The minimum absolute atomic E-state index is 0.112. The van der Waals surface area contributed by atoms with Crippen LogP contribution < -0.4 is 16.0 Å². The van der Waals surface area contributed by atoms with Gasteiger partial charge in [0.2, 0.25) is 5.91 Å². The number of nitrogens with one attached hydrogen (secondary N) is 3. The molecule has 0 saturated carbocycles. The predicted molar refractivity (Wildman–Crippen MR) is 236 cm³/mol. The summed E-state index contributed by atoms with van der Waals surface area (Å²) in [5, 5.41) is 16.2. The number of hydrogen-bond donors (Lipinski definition) is 3. The molecule has 3 amide bonds. The molecule has 2 fully saturated rings. The van der Waals surface area contributed by atoms with E-state index in [1.54, 1.807) is 59.5 Å². The number of aromatic nitrogens is 2. The Balaban J connectivity index is 0.00000131. The van der Waals surface area contributed by atoms with Gasteiger partial charge in [-0.1, -0.05) is 28.0 Å². The van der Waals surface area contributed by atoms with Gasteiger partial charge in [0.05, 0.1) is 62.4 Å². The third-order valence-electron chi connectivity index (χ3n) is 9.00. The van der Waals surface area contributed by atoms with Gasteiger partial charge in [0.25, 0.3) is 0 Å². The summed E-state index contributed by atoms with van der Waals surface area (Å²) >= 11 is 6.44. The molecule has 2 saturated heterocycles. The smallest absolute Gasteiger partial charge is 0.324 e. The monoisotopic (exact) mass is 853 g/mol. The van der Waals surface area contributed by atoms with Gasteiger partial charge in [0.15, 0.2) is 11.6 Å². The number of likely N-dealkylation sites (tertiary alicyclic amines) is 1. The molecule has 2 aromatic heterocycles. The maximum absolute atomic E-state index is 12.8. The number of ether oxygens (including phenoxy) is 4. The fourth-order valence-electron chi connectivity index (χ4n) is 5.60. The third kappa shape index (κ3) is 20.5. The maximum Gasteiger partial charge on any atom is 0.324 e. The number of hydrogen-bond acceptors (Lipinski definition) is 11. The summed E-state index contributed by atoms with van der Waals surface area (Å²) in [6, 6.07) is 3.00. The van der Waals surface area contributed by atoms with Gasteiger partial charge < -0.3 is 43.5 Å². The number of piperidine rings is 1. The molecule has 1 spiro atoms. The van der Waals surface area contributed by atoms with Crippen LogP contribution in [0.5, 0.6) is 0 Å². The first-order valence-electron chi connectivity index (χ1n) is 19.6. The van der Waals surface area contributed by atoms with Crippen molar-refractivity contribution in [3.05, 3.63) is 75.5 Å². The van der Waals surface area contributed by atoms with E-state index in [4.69, 9.17) is 39.6 Å². The van der Waals surface area contributed by atoms with Gasteiger partial charge in [0.1, 0.15) is 17.3 Å². The molecule has 0 aliphatic carbocycles. The lowest BCUT2D eigenvalue weighted by Gasteiger charge is -2.47. The van der Waals surface area contributed by atoms with Crippen molar-refractivity contribution in [1.29, 1.82) is 0 Å². The SMILES string of the molecule is C#C.C#CC.C/C=C(NC(=O)Nc1cc(C)on1)\C(Cl)=C/COC(C)CC/C(=C\C(OCCCC(=O)N1CCC2(CC1)COC2)=C(/C)OC)NC=NC.Cc1cc(C)on1. The Kier molecular flexibility index (Phi) is 26.0. The number of anilines is 1. The number of urea groups is 1. The number of amides is 3. The van der Waals surface area contributed by atoms with Crippen LogP contribution in [0.4, 0.5) is 10.6 Å². The van der Waals surface area contributed by atoms with Crippen molar-refractivity contribution in [2.75, 3.05) is 59.0 Å². The number of aliphatic imine (C=N–C) groups is 1. The molecule has 15 nitrogen and oxygen atoms in total. The van der Waals surface area contributed by atoms with Gasteiger partial charge >= 0.3 is 6.03 Å². The summed E-state index contributed by atoms with van der Waals surface area (Å²) in [7, 11) is 3.28. The number of rotatable bonds is 18. The molecule has 0 radical (unpaired) electrons. The van der Waals surface area contributed by atoms with E-state index in [9.17, 15) is 9.59 Å². The minimum Gasteiger partial charge on any atom is -0.498 e. The maximum atomic E-state index is 12.8.